The third kappa shape index (κ3) is 5.86. The molecule has 0 atom stereocenters. The lowest BCUT2D eigenvalue weighted by atomic mass is 9.88. The zero-order valence-electron chi connectivity index (χ0n) is 11.4. The fourth-order valence-corrected chi connectivity index (χ4v) is 2.28. The van der Waals surface area contributed by atoms with E-state index in [4.69, 9.17) is 4.74 Å². The van der Waals surface area contributed by atoms with Gasteiger partial charge in [-0.25, -0.2) is 0 Å². The number of hydrogen-bond acceptors (Lipinski definition) is 2. The largest absolute Gasteiger partial charge is 0.380 e. The molecule has 1 aliphatic heterocycles. The summed E-state index contributed by atoms with van der Waals surface area (Å²) in [5.74, 6) is 0. The highest BCUT2D eigenvalue weighted by Crippen LogP contribution is 2.23. The van der Waals surface area contributed by atoms with Crippen molar-refractivity contribution in [1.29, 1.82) is 0 Å². The lowest BCUT2D eigenvalue weighted by molar-refractivity contribution is 0.0458. The Morgan fingerprint density at radius 3 is 2.50 bits per heavy atom. The van der Waals surface area contributed by atoms with Crippen LogP contribution in [0.5, 0.6) is 0 Å². The van der Waals surface area contributed by atoms with Gasteiger partial charge in [-0.1, -0.05) is 33.6 Å². The first kappa shape index (κ1) is 14.0. The molecule has 16 heavy (non-hydrogen) atoms. The molecular formula is C14H29NO. The molecule has 2 nitrogen and oxygen atoms in total. The Bertz CT molecular complexity index is 174. The van der Waals surface area contributed by atoms with Crippen LogP contribution in [0.2, 0.25) is 0 Å². The summed E-state index contributed by atoms with van der Waals surface area (Å²) in [6, 6.07) is 0. The molecule has 0 radical (unpaired) electrons. The van der Waals surface area contributed by atoms with Gasteiger partial charge in [-0.05, 0) is 37.8 Å². The number of hydrogen-bond donors (Lipinski definition) is 0. The predicted octanol–water partition coefficient (Wildman–Crippen LogP) is 3.32. The number of unbranched alkanes of at least 4 members (excludes halogenated alkanes) is 1. The Morgan fingerprint density at radius 2 is 1.88 bits per heavy atom. The molecule has 0 spiro atoms. The summed E-state index contributed by atoms with van der Waals surface area (Å²) < 4.78 is 5.82. The first-order chi connectivity index (χ1) is 7.64. The normalized spacial score (nSPS) is 18.2. The van der Waals surface area contributed by atoms with Gasteiger partial charge < -0.3 is 9.64 Å². The molecule has 1 fully saturated rings. The van der Waals surface area contributed by atoms with Crippen LogP contribution in [-0.2, 0) is 4.74 Å². The van der Waals surface area contributed by atoms with E-state index in [1.165, 1.54) is 45.2 Å². The number of rotatable bonds is 8. The van der Waals surface area contributed by atoms with Gasteiger partial charge >= 0.3 is 0 Å². The first-order valence-corrected chi connectivity index (χ1v) is 6.94. The molecule has 0 aromatic carbocycles. The molecule has 96 valence electrons. The minimum Gasteiger partial charge on any atom is -0.380 e. The van der Waals surface area contributed by atoms with Gasteiger partial charge in [0.1, 0.15) is 0 Å². The summed E-state index contributed by atoms with van der Waals surface area (Å²) in [5.41, 5.74) is 0.362. The van der Waals surface area contributed by atoms with E-state index in [0.29, 0.717) is 5.41 Å². The van der Waals surface area contributed by atoms with Crippen molar-refractivity contribution in [3.8, 4) is 0 Å². The summed E-state index contributed by atoms with van der Waals surface area (Å²) in [4.78, 5) is 2.51. The lowest BCUT2D eigenvalue weighted by Crippen LogP contribution is -2.26. The summed E-state index contributed by atoms with van der Waals surface area (Å²) in [6.45, 7) is 12.4. The molecule has 0 amide bonds. The maximum absolute atomic E-state index is 5.82. The molecule has 2 heteroatoms. The number of ether oxygens (including phenoxy) is 1. The predicted molar refractivity (Wildman–Crippen MR) is 69.8 cm³/mol. The van der Waals surface area contributed by atoms with Crippen LogP contribution in [0.25, 0.3) is 0 Å². The van der Waals surface area contributed by atoms with Crippen LogP contribution in [0.15, 0.2) is 0 Å². The van der Waals surface area contributed by atoms with Crippen LogP contribution < -0.4 is 0 Å². The first-order valence-electron chi connectivity index (χ1n) is 6.94. The Balaban J connectivity index is 2.00. The van der Waals surface area contributed by atoms with Crippen molar-refractivity contribution in [2.45, 2.75) is 52.9 Å². The van der Waals surface area contributed by atoms with Crippen molar-refractivity contribution in [2.24, 2.45) is 5.41 Å². The van der Waals surface area contributed by atoms with Crippen molar-refractivity contribution in [3.63, 3.8) is 0 Å². The molecule has 1 aliphatic rings. The number of nitrogens with zero attached hydrogens (tertiary/aromatic N) is 1. The van der Waals surface area contributed by atoms with Crippen molar-refractivity contribution in [3.05, 3.63) is 0 Å². The smallest absolute Gasteiger partial charge is 0.0593 e. The molecule has 1 rings (SSSR count). The van der Waals surface area contributed by atoms with E-state index in [9.17, 15) is 0 Å². The van der Waals surface area contributed by atoms with Crippen molar-refractivity contribution in [1.82, 2.24) is 4.90 Å². The fraction of sp³-hybridized carbons (Fsp3) is 1.00. The Hall–Kier alpha value is -0.0800. The summed E-state index contributed by atoms with van der Waals surface area (Å²) in [5, 5.41) is 0. The molecule has 0 N–H and O–H groups in total. The maximum atomic E-state index is 5.82. The van der Waals surface area contributed by atoms with Gasteiger partial charge in [-0.15, -0.1) is 0 Å². The van der Waals surface area contributed by atoms with Crippen LogP contribution in [-0.4, -0.2) is 37.7 Å². The second-order valence-corrected chi connectivity index (χ2v) is 5.87. The van der Waals surface area contributed by atoms with E-state index in [1.807, 2.05) is 0 Å². The highest BCUT2D eigenvalue weighted by atomic mass is 16.5. The van der Waals surface area contributed by atoms with E-state index < -0.39 is 0 Å². The lowest BCUT2D eigenvalue weighted by Gasteiger charge is -2.25. The van der Waals surface area contributed by atoms with E-state index >= 15 is 0 Å². The molecule has 0 aliphatic carbocycles. The van der Waals surface area contributed by atoms with E-state index in [0.717, 1.165) is 19.8 Å². The topological polar surface area (TPSA) is 12.5 Å². The summed E-state index contributed by atoms with van der Waals surface area (Å²) >= 11 is 0. The minimum absolute atomic E-state index is 0.362. The highest BCUT2D eigenvalue weighted by molar-refractivity contribution is 4.68. The van der Waals surface area contributed by atoms with Crippen LogP contribution in [0.3, 0.4) is 0 Å². The van der Waals surface area contributed by atoms with Crippen molar-refractivity contribution < 1.29 is 4.74 Å². The second kappa shape index (κ2) is 7.29. The van der Waals surface area contributed by atoms with Gasteiger partial charge in [0.25, 0.3) is 0 Å². The Morgan fingerprint density at radius 1 is 1.19 bits per heavy atom. The highest BCUT2D eigenvalue weighted by Gasteiger charge is 2.17. The summed E-state index contributed by atoms with van der Waals surface area (Å²) in [7, 11) is 0. The molecule has 0 aromatic heterocycles. The zero-order chi connectivity index (χ0) is 11.9. The Kier molecular flexibility index (Phi) is 6.37. The van der Waals surface area contributed by atoms with E-state index in [-0.39, 0.29) is 0 Å². The molecule has 0 unspecified atom stereocenters. The van der Waals surface area contributed by atoms with Gasteiger partial charge in [0.15, 0.2) is 0 Å². The molecule has 1 heterocycles. The van der Waals surface area contributed by atoms with Crippen LogP contribution >= 0.6 is 0 Å². The maximum Gasteiger partial charge on any atom is 0.0593 e. The fourth-order valence-electron chi connectivity index (χ4n) is 2.28. The monoisotopic (exact) mass is 227 g/mol. The average Bonchev–Trinajstić information content (AvgIpc) is 2.75. The van der Waals surface area contributed by atoms with Crippen molar-refractivity contribution in [2.75, 3.05) is 32.8 Å². The van der Waals surface area contributed by atoms with Gasteiger partial charge in [-0.3, -0.25) is 0 Å². The third-order valence-corrected chi connectivity index (χ3v) is 3.45. The molecule has 1 saturated heterocycles. The van der Waals surface area contributed by atoms with Crippen LogP contribution in [0.1, 0.15) is 52.9 Å². The SMILES string of the molecule is CCCCC(C)(C)COCCN1CCCC1. The second-order valence-electron chi connectivity index (χ2n) is 5.87. The van der Waals surface area contributed by atoms with Crippen LogP contribution in [0.4, 0.5) is 0 Å². The minimum atomic E-state index is 0.362. The zero-order valence-corrected chi connectivity index (χ0v) is 11.4. The van der Waals surface area contributed by atoms with Crippen LogP contribution in [0, 0.1) is 5.41 Å². The molecular weight excluding hydrogens is 198 g/mol. The van der Waals surface area contributed by atoms with Gasteiger partial charge in [-0.2, -0.15) is 0 Å². The standard InChI is InChI=1S/C14H29NO/c1-4-5-8-14(2,3)13-16-12-11-15-9-6-7-10-15/h4-13H2,1-3H3. The third-order valence-electron chi connectivity index (χ3n) is 3.45. The molecule has 0 saturated carbocycles. The summed E-state index contributed by atoms with van der Waals surface area (Å²) in [6.07, 6.45) is 6.65. The average molecular weight is 227 g/mol. The quantitative estimate of drug-likeness (QED) is 0.590. The van der Waals surface area contributed by atoms with Crippen molar-refractivity contribution >= 4 is 0 Å². The number of likely N-dealkylation sites (tertiary alicyclic amines) is 1. The molecule has 0 bridgehead atoms. The van der Waals surface area contributed by atoms with Gasteiger partial charge in [0.05, 0.1) is 13.2 Å². The van der Waals surface area contributed by atoms with Gasteiger partial charge in [0, 0.05) is 6.54 Å². The van der Waals surface area contributed by atoms with E-state index in [1.54, 1.807) is 0 Å². The van der Waals surface area contributed by atoms with Gasteiger partial charge in [0.2, 0.25) is 0 Å². The molecule has 0 aromatic rings. The van der Waals surface area contributed by atoms with E-state index in [2.05, 4.69) is 25.7 Å². The Labute approximate surface area is 101 Å².